The Balaban J connectivity index is 0.00000240. The molecule has 3 heterocycles. The summed E-state index contributed by atoms with van der Waals surface area (Å²) in [4.78, 5) is 16.2. The molecule has 2 aliphatic rings. The lowest BCUT2D eigenvalue weighted by atomic mass is 9.87. The molecular weight excluding hydrogens is 495 g/mol. The molecule has 1 saturated carbocycles. The summed E-state index contributed by atoms with van der Waals surface area (Å²) in [5.74, 6) is 3.13. The second-order valence-electron chi connectivity index (χ2n) is 7.64. The Bertz CT molecular complexity index is 783. The summed E-state index contributed by atoms with van der Waals surface area (Å²) in [7, 11) is 0. The minimum Gasteiger partial charge on any atom is -0.357 e. The molecule has 6 nitrogen and oxygen atoms in total. The zero-order chi connectivity index (χ0) is 19.2. The maximum atomic E-state index is 5.00. The standard InChI is InChI=1S/C21H30N6S.HI/c1-2-23-20(26-13-14-28-21(16-26)8-4-3-5-9-21)25-15-18-7-6-10-24-19(18)27-12-11-22-17-27;/h6-7,10-12,17H,2-5,8-9,13-16H2,1H3,(H,23,25);1H. The number of thioether (sulfide) groups is 1. The Morgan fingerprint density at radius 1 is 1.28 bits per heavy atom. The highest BCUT2D eigenvalue weighted by molar-refractivity contribution is 14.0. The molecule has 2 fully saturated rings. The number of imidazole rings is 1. The van der Waals surface area contributed by atoms with Gasteiger partial charge in [-0.2, -0.15) is 11.8 Å². The van der Waals surface area contributed by atoms with E-state index in [2.05, 4.69) is 44.9 Å². The van der Waals surface area contributed by atoms with Crippen LogP contribution >= 0.6 is 35.7 Å². The number of aromatic nitrogens is 3. The van der Waals surface area contributed by atoms with E-state index in [4.69, 9.17) is 4.99 Å². The van der Waals surface area contributed by atoms with Crippen molar-refractivity contribution in [3.05, 3.63) is 42.6 Å². The molecule has 1 spiro atoms. The largest absolute Gasteiger partial charge is 0.357 e. The summed E-state index contributed by atoms with van der Waals surface area (Å²) in [6, 6.07) is 4.08. The summed E-state index contributed by atoms with van der Waals surface area (Å²) in [6.45, 7) is 5.83. The summed E-state index contributed by atoms with van der Waals surface area (Å²) < 4.78 is 2.38. The van der Waals surface area contributed by atoms with Gasteiger partial charge in [-0.1, -0.05) is 25.3 Å². The van der Waals surface area contributed by atoms with E-state index < -0.39 is 0 Å². The predicted molar refractivity (Wildman–Crippen MR) is 131 cm³/mol. The Hall–Kier alpha value is -1.29. The fourth-order valence-corrected chi connectivity index (χ4v) is 5.85. The van der Waals surface area contributed by atoms with Crippen LogP contribution in [-0.2, 0) is 6.54 Å². The van der Waals surface area contributed by atoms with Crippen LogP contribution in [0.3, 0.4) is 0 Å². The second kappa shape index (κ2) is 10.7. The van der Waals surface area contributed by atoms with Crippen LogP contribution in [-0.4, -0.2) is 55.5 Å². The average Bonchev–Trinajstić information content (AvgIpc) is 3.27. The molecule has 158 valence electrons. The van der Waals surface area contributed by atoms with Gasteiger partial charge in [0, 0.05) is 54.3 Å². The summed E-state index contributed by atoms with van der Waals surface area (Å²) in [6.07, 6.45) is 14.2. The highest BCUT2D eigenvalue weighted by Crippen LogP contribution is 2.42. The third-order valence-electron chi connectivity index (χ3n) is 5.66. The third-order valence-corrected chi connectivity index (χ3v) is 7.20. The normalized spacial score (nSPS) is 19.1. The van der Waals surface area contributed by atoms with E-state index in [0.29, 0.717) is 11.3 Å². The summed E-state index contributed by atoms with van der Waals surface area (Å²) in [5, 5.41) is 3.53. The van der Waals surface area contributed by atoms with Gasteiger partial charge in [0.15, 0.2) is 5.96 Å². The average molecular weight is 526 g/mol. The van der Waals surface area contributed by atoms with Crippen LogP contribution in [0.1, 0.15) is 44.6 Å². The smallest absolute Gasteiger partial charge is 0.194 e. The predicted octanol–water partition coefficient (Wildman–Crippen LogP) is 4.10. The van der Waals surface area contributed by atoms with Crippen molar-refractivity contribution < 1.29 is 0 Å². The molecule has 2 aromatic heterocycles. The first-order valence-electron chi connectivity index (χ1n) is 10.4. The van der Waals surface area contributed by atoms with E-state index in [1.165, 1.54) is 37.9 Å². The van der Waals surface area contributed by atoms with Crippen LogP contribution in [0.4, 0.5) is 0 Å². The monoisotopic (exact) mass is 526 g/mol. The lowest BCUT2D eigenvalue weighted by Crippen LogP contribution is -2.53. The number of hydrogen-bond donors (Lipinski definition) is 1. The Kier molecular flexibility index (Phi) is 8.23. The van der Waals surface area contributed by atoms with E-state index in [9.17, 15) is 0 Å². The zero-order valence-corrected chi connectivity index (χ0v) is 20.2. The highest BCUT2D eigenvalue weighted by atomic mass is 127. The Labute approximate surface area is 195 Å². The van der Waals surface area contributed by atoms with Gasteiger partial charge in [-0.3, -0.25) is 4.57 Å². The van der Waals surface area contributed by atoms with Crippen LogP contribution < -0.4 is 5.32 Å². The van der Waals surface area contributed by atoms with Crippen LogP contribution in [0.2, 0.25) is 0 Å². The van der Waals surface area contributed by atoms with Gasteiger partial charge < -0.3 is 10.2 Å². The van der Waals surface area contributed by atoms with E-state index in [0.717, 1.165) is 37.0 Å². The van der Waals surface area contributed by atoms with Gasteiger partial charge in [-0.25, -0.2) is 15.0 Å². The van der Waals surface area contributed by atoms with Crippen molar-refractivity contribution in [2.45, 2.75) is 50.3 Å². The fourth-order valence-electron chi connectivity index (χ4n) is 4.28. The van der Waals surface area contributed by atoms with Crippen LogP contribution in [0.5, 0.6) is 0 Å². The molecule has 2 aromatic rings. The van der Waals surface area contributed by atoms with Gasteiger partial charge >= 0.3 is 0 Å². The van der Waals surface area contributed by atoms with Crippen molar-refractivity contribution >= 4 is 41.7 Å². The first-order chi connectivity index (χ1) is 13.8. The highest BCUT2D eigenvalue weighted by Gasteiger charge is 2.38. The molecule has 4 rings (SSSR count). The quantitative estimate of drug-likeness (QED) is 0.370. The van der Waals surface area contributed by atoms with Crippen LogP contribution in [0, 0.1) is 0 Å². The van der Waals surface area contributed by atoms with E-state index >= 15 is 0 Å². The SMILES string of the molecule is CCNC(=NCc1cccnc1-n1ccnc1)N1CCSC2(CCCCC2)C1.I. The number of guanidine groups is 1. The number of aliphatic imine (C=N–C) groups is 1. The zero-order valence-electron chi connectivity index (χ0n) is 17.1. The van der Waals surface area contributed by atoms with Crippen molar-refractivity contribution in [3.8, 4) is 5.82 Å². The number of nitrogens with zero attached hydrogens (tertiary/aromatic N) is 5. The van der Waals surface area contributed by atoms with Gasteiger partial charge in [0.05, 0.1) is 6.54 Å². The minimum absolute atomic E-state index is 0. The number of nitrogens with one attached hydrogen (secondary N) is 1. The third kappa shape index (κ3) is 5.45. The molecule has 0 aromatic carbocycles. The van der Waals surface area contributed by atoms with Crippen molar-refractivity contribution in [3.63, 3.8) is 0 Å². The van der Waals surface area contributed by atoms with E-state index in [1.54, 1.807) is 12.5 Å². The molecule has 0 amide bonds. The van der Waals surface area contributed by atoms with Crippen molar-refractivity contribution in [2.75, 3.05) is 25.4 Å². The molecule has 0 unspecified atom stereocenters. The van der Waals surface area contributed by atoms with E-state index in [-0.39, 0.29) is 24.0 Å². The summed E-state index contributed by atoms with van der Waals surface area (Å²) in [5.41, 5.74) is 1.11. The molecule has 0 bridgehead atoms. The van der Waals surface area contributed by atoms with Crippen molar-refractivity contribution in [1.29, 1.82) is 0 Å². The summed E-state index contributed by atoms with van der Waals surface area (Å²) >= 11 is 2.20. The van der Waals surface area contributed by atoms with Crippen molar-refractivity contribution in [1.82, 2.24) is 24.8 Å². The second-order valence-corrected chi connectivity index (χ2v) is 9.20. The van der Waals surface area contributed by atoms with Gasteiger partial charge in [0.25, 0.3) is 0 Å². The van der Waals surface area contributed by atoms with Gasteiger partial charge in [-0.15, -0.1) is 24.0 Å². The molecule has 1 aliphatic carbocycles. The number of hydrogen-bond acceptors (Lipinski definition) is 4. The molecule has 1 aliphatic heterocycles. The molecule has 29 heavy (non-hydrogen) atoms. The first-order valence-corrected chi connectivity index (χ1v) is 11.4. The lowest BCUT2D eigenvalue weighted by Gasteiger charge is -2.45. The molecule has 8 heteroatoms. The van der Waals surface area contributed by atoms with Crippen LogP contribution in [0.25, 0.3) is 5.82 Å². The fraction of sp³-hybridized carbons (Fsp3) is 0.571. The molecule has 0 radical (unpaired) electrons. The van der Waals surface area contributed by atoms with E-state index in [1.807, 2.05) is 23.0 Å². The Morgan fingerprint density at radius 3 is 2.90 bits per heavy atom. The molecule has 0 atom stereocenters. The van der Waals surface area contributed by atoms with Crippen LogP contribution in [0.15, 0.2) is 42.0 Å². The van der Waals surface area contributed by atoms with Gasteiger partial charge in [0.2, 0.25) is 0 Å². The number of halogens is 1. The van der Waals surface area contributed by atoms with Crippen molar-refractivity contribution in [2.24, 2.45) is 4.99 Å². The lowest BCUT2D eigenvalue weighted by molar-refractivity contribution is 0.293. The molecule has 1 saturated heterocycles. The minimum atomic E-state index is 0. The number of rotatable bonds is 4. The molecule has 1 N–H and O–H groups in total. The maximum Gasteiger partial charge on any atom is 0.194 e. The maximum absolute atomic E-state index is 5.00. The number of pyridine rings is 1. The molecular formula is C21H31IN6S. The first kappa shape index (κ1) is 22.4. The Morgan fingerprint density at radius 2 is 2.14 bits per heavy atom. The van der Waals surface area contributed by atoms with Gasteiger partial charge in [0.1, 0.15) is 12.1 Å². The topological polar surface area (TPSA) is 58.3 Å². The van der Waals surface area contributed by atoms with Gasteiger partial charge in [-0.05, 0) is 25.8 Å².